The Bertz CT molecular complexity index is 738. The average Bonchev–Trinajstić information content (AvgIpc) is 3.24. The van der Waals surface area contributed by atoms with Crippen molar-refractivity contribution in [1.82, 2.24) is 20.1 Å². The Balaban J connectivity index is 1.69. The standard InChI is InChI=1S/C18H21BrN4OS/c1-2-11-23-17(13-7-9-14(19)10-8-13)21-22-18(23)25-12-16(24)20-15-5-3-4-6-15/h2,7-10,15H,1,3-6,11-12H2,(H,20,24). The van der Waals surface area contributed by atoms with E-state index in [1.165, 1.54) is 24.6 Å². The molecule has 1 heterocycles. The van der Waals surface area contributed by atoms with Crippen LogP contribution >= 0.6 is 27.7 Å². The molecule has 1 aromatic heterocycles. The largest absolute Gasteiger partial charge is 0.353 e. The predicted octanol–water partition coefficient (Wildman–Crippen LogP) is 4.04. The monoisotopic (exact) mass is 420 g/mol. The molecular formula is C18H21BrN4OS. The van der Waals surface area contributed by atoms with Crippen molar-refractivity contribution in [2.24, 2.45) is 0 Å². The number of hydrogen-bond acceptors (Lipinski definition) is 4. The van der Waals surface area contributed by atoms with Crippen LogP contribution in [0.4, 0.5) is 0 Å². The molecule has 1 saturated carbocycles. The summed E-state index contributed by atoms with van der Waals surface area (Å²) in [6, 6.07) is 8.29. The topological polar surface area (TPSA) is 59.8 Å². The fraction of sp³-hybridized carbons (Fsp3) is 0.389. The number of halogens is 1. The molecule has 1 fully saturated rings. The number of hydrogen-bond donors (Lipinski definition) is 1. The number of rotatable bonds is 7. The van der Waals surface area contributed by atoms with Gasteiger partial charge in [0.1, 0.15) is 0 Å². The lowest BCUT2D eigenvalue weighted by Crippen LogP contribution is -2.33. The van der Waals surface area contributed by atoms with Crippen LogP contribution in [0.3, 0.4) is 0 Å². The van der Waals surface area contributed by atoms with Crippen molar-refractivity contribution < 1.29 is 4.79 Å². The van der Waals surface area contributed by atoms with Gasteiger partial charge in [0.25, 0.3) is 0 Å². The van der Waals surface area contributed by atoms with Gasteiger partial charge in [-0.2, -0.15) is 0 Å². The molecule has 7 heteroatoms. The number of carbonyl (C=O) groups excluding carboxylic acids is 1. The minimum absolute atomic E-state index is 0.0650. The summed E-state index contributed by atoms with van der Waals surface area (Å²) < 4.78 is 3.01. The second-order valence-corrected chi connectivity index (χ2v) is 7.91. The van der Waals surface area contributed by atoms with Crippen LogP contribution < -0.4 is 5.32 Å². The summed E-state index contributed by atoms with van der Waals surface area (Å²) in [4.78, 5) is 12.1. The van der Waals surface area contributed by atoms with E-state index < -0.39 is 0 Å². The number of nitrogens with one attached hydrogen (secondary N) is 1. The highest BCUT2D eigenvalue weighted by Gasteiger charge is 2.19. The van der Waals surface area contributed by atoms with Crippen LogP contribution in [0.5, 0.6) is 0 Å². The molecule has 5 nitrogen and oxygen atoms in total. The maximum Gasteiger partial charge on any atom is 0.230 e. The Hall–Kier alpha value is -1.60. The van der Waals surface area contributed by atoms with Gasteiger partial charge in [-0.1, -0.05) is 58.7 Å². The number of thioether (sulfide) groups is 1. The average molecular weight is 421 g/mol. The van der Waals surface area contributed by atoms with E-state index in [4.69, 9.17) is 0 Å². The minimum atomic E-state index is 0.0650. The highest BCUT2D eigenvalue weighted by atomic mass is 79.9. The van der Waals surface area contributed by atoms with E-state index in [1.807, 2.05) is 34.9 Å². The highest BCUT2D eigenvalue weighted by Crippen LogP contribution is 2.25. The molecule has 1 amide bonds. The summed E-state index contributed by atoms with van der Waals surface area (Å²) in [5.41, 5.74) is 0.986. The number of carbonyl (C=O) groups is 1. The van der Waals surface area contributed by atoms with Crippen LogP contribution in [-0.2, 0) is 11.3 Å². The van der Waals surface area contributed by atoms with Gasteiger partial charge in [0.15, 0.2) is 11.0 Å². The molecule has 0 unspecified atom stereocenters. The maximum absolute atomic E-state index is 12.1. The Kier molecular flexibility index (Phi) is 6.31. The number of allylic oxidation sites excluding steroid dienone is 1. The van der Waals surface area contributed by atoms with Crippen LogP contribution in [0.25, 0.3) is 11.4 Å². The Morgan fingerprint density at radius 3 is 2.72 bits per heavy atom. The third-order valence-corrected chi connectivity index (χ3v) is 5.68. The van der Waals surface area contributed by atoms with E-state index in [0.29, 0.717) is 18.3 Å². The number of benzene rings is 1. The Morgan fingerprint density at radius 2 is 2.04 bits per heavy atom. The molecule has 1 N–H and O–H groups in total. The van der Waals surface area contributed by atoms with E-state index in [9.17, 15) is 4.79 Å². The van der Waals surface area contributed by atoms with Gasteiger partial charge in [-0.25, -0.2) is 0 Å². The number of nitrogens with zero attached hydrogens (tertiary/aromatic N) is 3. The van der Waals surface area contributed by atoms with Gasteiger partial charge in [-0.15, -0.1) is 16.8 Å². The van der Waals surface area contributed by atoms with E-state index in [0.717, 1.165) is 33.9 Å². The zero-order valence-corrected chi connectivity index (χ0v) is 16.4. The second kappa shape index (κ2) is 8.67. The lowest BCUT2D eigenvalue weighted by atomic mass is 10.2. The summed E-state index contributed by atoms with van der Waals surface area (Å²) in [5.74, 6) is 1.20. The van der Waals surface area contributed by atoms with Crippen molar-refractivity contribution in [1.29, 1.82) is 0 Å². The second-order valence-electron chi connectivity index (χ2n) is 6.05. The molecular weight excluding hydrogens is 400 g/mol. The van der Waals surface area contributed by atoms with Gasteiger partial charge in [0, 0.05) is 22.6 Å². The van der Waals surface area contributed by atoms with E-state index in [1.54, 1.807) is 0 Å². The third-order valence-electron chi connectivity index (χ3n) is 4.18. The Morgan fingerprint density at radius 1 is 1.32 bits per heavy atom. The van der Waals surface area contributed by atoms with Crippen molar-refractivity contribution in [3.05, 3.63) is 41.4 Å². The number of amides is 1. The zero-order chi connectivity index (χ0) is 17.6. The molecule has 0 spiro atoms. The lowest BCUT2D eigenvalue weighted by Gasteiger charge is -2.12. The summed E-state index contributed by atoms with van der Waals surface area (Å²) >= 11 is 4.86. The lowest BCUT2D eigenvalue weighted by molar-refractivity contribution is -0.119. The predicted molar refractivity (Wildman–Crippen MR) is 104 cm³/mol. The fourth-order valence-corrected chi connectivity index (χ4v) is 3.99. The number of aromatic nitrogens is 3. The molecule has 25 heavy (non-hydrogen) atoms. The van der Waals surface area contributed by atoms with Gasteiger partial charge < -0.3 is 5.32 Å². The Labute approximate surface area is 160 Å². The quantitative estimate of drug-likeness (QED) is 0.542. The van der Waals surface area contributed by atoms with Crippen molar-refractivity contribution in [3.8, 4) is 11.4 Å². The van der Waals surface area contributed by atoms with Crippen LogP contribution in [0.2, 0.25) is 0 Å². The first-order chi connectivity index (χ1) is 12.2. The van der Waals surface area contributed by atoms with Gasteiger partial charge >= 0.3 is 0 Å². The van der Waals surface area contributed by atoms with Gasteiger partial charge in [0.2, 0.25) is 5.91 Å². The molecule has 1 aliphatic carbocycles. The zero-order valence-electron chi connectivity index (χ0n) is 13.9. The van der Waals surface area contributed by atoms with Gasteiger partial charge in [-0.05, 0) is 25.0 Å². The van der Waals surface area contributed by atoms with Crippen LogP contribution in [0, 0.1) is 0 Å². The molecule has 2 aromatic rings. The first kappa shape index (κ1) is 18.2. The minimum Gasteiger partial charge on any atom is -0.353 e. The van der Waals surface area contributed by atoms with E-state index in [2.05, 4.69) is 38.0 Å². The SMILES string of the molecule is C=CCn1c(SCC(=O)NC2CCCC2)nnc1-c1ccc(Br)cc1. The first-order valence-corrected chi connectivity index (χ1v) is 10.2. The summed E-state index contributed by atoms with van der Waals surface area (Å²) in [7, 11) is 0. The molecule has 0 atom stereocenters. The maximum atomic E-state index is 12.1. The molecule has 0 aliphatic heterocycles. The van der Waals surface area contributed by atoms with Crippen molar-refractivity contribution in [2.75, 3.05) is 5.75 Å². The van der Waals surface area contributed by atoms with Gasteiger partial charge in [0.05, 0.1) is 5.75 Å². The van der Waals surface area contributed by atoms with Crippen molar-refractivity contribution >= 4 is 33.6 Å². The molecule has 0 bridgehead atoms. The van der Waals surface area contributed by atoms with E-state index >= 15 is 0 Å². The smallest absolute Gasteiger partial charge is 0.230 e. The normalized spacial score (nSPS) is 14.6. The molecule has 1 aromatic carbocycles. The van der Waals surface area contributed by atoms with Crippen LogP contribution in [0.1, 0.15) is 25.7 Å². The summed E-state index contributed by atoms with van der Waals surface area (Å²) in [5, 5.41) is 12.4. The highest BCUT2D eigenvalue weighted by molar-refractivity contribution is 9.10. The van der Waals surface area contributed by atoms with Crippen molar-refractivity contribution in [3.63, 3.8) is 0 Å². The van der Waals surface area contributed by atoms with Crippen LogP contribution in [0.15, 0.2) is 46.5 Å². The van der Waals surface area contributed by atoms with Crippen LogP contribution in [-0.4, -0.2) is 32.5 Å². The molecule has 132 valence electrons. The fourth-order valence-electron chi connectivity index (χ4n) is 2.97. The summed E-state index contributed by atoms with van der Waals surface area (Å²) in [6.45, 7) is 4.42. The van der Waals surface area contributed by atoms with Gasteiger partial charge in [-0.3, -0.25) is 9.36 Å². The van der Waals surface area contributed by atoms with Crippen molar-refractivity contribution in [2.45, 2.75) is 43.4 Å². The molecule has 0 radical (unpaired) electrons. The molecule has 0 saturated heterocycles. The molecule has 1 aliphatic rings. The van der Waals surface area contributed by atoms with E-state index in [-0.39, 0.29) is 5.91 Å². The first-order valence-electron chi connectivity index (χ1n) is 8.39. The third kappa shape index (κ3) is 4.73. The molecule has 3 rings (SSSR count). The summed E-state index contributed by atoms with van der Waals surface area (Å²) in [6.07, 6.45) is 6.42.